The second-order valence-corrected chi connectivity index (χ2v) is 6.08. The summed E-state index contributed by atoms with van der Waals surface area (Å²) >= 11 is 0.891. The van der Waals surface area contributed by atoms with Crippen LogP contribution < -0.4 is 11.5 Å². The average molecular weight is 329 g/mol. The second kappa shape index (κ2) is 5.98. The molecule has 22 heavy (non-hydrogen) atoms. The van der Waals surface area contributed by atoms with Crippen molar-refractivity contribution < 1.29 is 23.1 Å². The summed E-state index contributed by atoms with van der Waals surface area (Å²) in [5.74, 6) is -1.24. The highest BCUT2D eigenvalue weighted by molar-refractivity contribution is 7.18. The molecular weight excluding hydrogens is 316 g/mol. The molecule has 1 aliphatic carbocycles. The molecule has 1 aromatic heterocycles. The molecule has 0 saturated carbocycles. The molecule has 118 valence electrons. The minimum atomic E-state index is -3.03. The standard InChI is InChI=1S/C13H13F2N3O3S/c14-12(15)21-5-13(3-4-16)2-1-6-7(10(17)20)11(18)22-8(6)9(13)19/h12H,1-3,5,18H2,(H2,17,20). The van der Waals surface area contributed by atoms with E-state index in [0.717, 1.165) is 11.3 Å². The number of nitrogen functional groups attached to an aromatic ring is 1. The van der Waals surface area contributed by atoms with Crippen molar-refractivity contribution >= 4 is 28.0 Å². The van der Waals surface area contributed by atoms with Gasteiger partial charge in [-0.1, -0.05) is 0 Å². The van der Waals surface area contributed by atoms with Gasteiger partial charge in [-0.3, -0.25) is 9.59 Å². The van der Waals surface area contributed by atoms with E-state index < -0.39 is 30.3 Å². The number of Topliss-reactive ketones (excluding diaryl/α,β-unsaturated/α-hetero) is 1. The van der Waals surface area contributed by atoms with Crippen LogP contribution in [0.3, 0.4) is 0 Å². The molecule has 0 radical (unpaired) electrons. The number of hydrogen-bond acceptors (Lipinski definition) is 6. The molecule has 1 aliphatic rings. The van der Waals surface area contributed by atoms with Gasteiger partial charge in [-0.25, -0.2) is 0 Å². The summed E-state index contributed by atoms with van der Waals surface area (Å²) in [6, 6.07) is 1.84. The fourth-order valence-corrected chi connectivity index (χ4v) is 3.81. The Kier molecular flexibility index (Phi) is 4.44. The number of hydrogen-bond donors (Lipinski definition) is 2. The van der Waals surface area contributed by atoms with E-state index in [9.17, 15) is 18.4 Å². The van der Waals surface area contributed by atoms with Crippen LogP contribution in [0.15, 0.2) is 0 Å². The molecule has 2 rings (SSSR count). The number of halogens is 2. The molecular formula is C13H13F2N3O3S. The first kappa shape index (κ1) is 16.3. The van der Waals surface area contributed by atoms with E-state index in [-0.39, 0.29) is 34.7 Å². The van der Waals surface area contributed by atoms with Gasteiger partial charge in [0, 0.05) is 0 Å². The largest absolute Gasteiger partial charge is 0.390 e. The number of nitriles is 1. The molecule has 0 bridgehead atoms. The Hall–Kier alpha value is -2.05. The van der Waals surface area contributed by atoms with Crippen molar-refractivity contribution in [2.45, 2.75) is 25.9 Å². The van der Waals surface area contributed by atoms with Crippen LogP contribution in [0.5, 0.6) is 0 Å². The maximum absolute atomic E-state index is 12.7. The van der Waals surface area contributed by atoms with Crippen LogP contribution in [0.4, 0.5) is 13.8 Å². The lowest BCUT2D eigenvalue weighted by molar-refractivity contribution is -0.146. The van der Waals surface area contributed by atoms with Gasteiger partial charge in [0.05, 0.1) is 40.0 Å². The molecule has 6 nitrogen and oxygen atoms in total. The predicted molar refractivity (Wildman–Crippen MR) is 74.5 cm³/mol. The third kappa shape index (κ3) is 2.67. The van der Waals surface area contributed by atoms with Crippen LogP contribution in [-0.4, -0.2) is 24.9 Å². The Morgan fingerprint density at radius 1 is 1.55 bits per heavy atom. The quantitative estimate of drug-likeness (QED) is 0.852. The van der Waals surface area contributed by atoms with Crippen molar-refractivity contribution in [2.75, 3.05) is 12.3 Å². The molecule has 0 fully saturated rings. The number of anilines is 1. The number of nitrogens with two attached hydrogens (primary N) is 2. The van der Waals surface area contributed by atoms with E-state index in [2.05, 4.69) is 4.74 Å². The third-order valence-corrected chi connectivity index (χ3v) is 4.79. The zero-order chi connectivity index (χ0) is 16.5. The van der Waals surface area contributed by atoms with E-state index in [1.807, 2.05) is 6.07 Å². The predicted octanol–water partition coefficient (Wildman–Crippen LogP) is 1.70. The normalized spacial score (nSPS) is 20.7. The molecule has 0 aliphatic heterocycles. The summed E-state index contributed by atoms with van der Waals surface area (Å²) in [7, 11) is 0. The number of thiophene rings is 1. The Morgan fingerprint density at radius 3 is 2.77 bits per heavy atom. The molecule has 0 spiro atoms. The van der Waals surface area contributed by atoms with Crippen molar-refractivity contribution in [1.82, 2.24) is 0 Å². The number of fused-ring (bicyclic) bond motifs is 1. The van der Waals surface area contributed by atoms with Gasteiger partial charge in [0.2, 0.25) is 0 Å². The number of alkyl halides is 2. The summed E-state index contributed by atoms with van der Waals surface area (Å²) in [6.45, 7) is -3.58. The van der Waals surface area contributed by atoms with Crippen LogP contribution in [0.25, 0.3) is 0 Å². The number of nitrogens with zero attached hydrogens (tertiary/aromatic N) is 1. The van der Waals surface area contributed by atoms with Gasteiger partial charge >= 0.3 is 6.61 Å². The third-order valence-electron chi connectivity index (χ3n) is 3.73. The van der Waals surface area contributed by atoms with Gasteiger partial charge in [-0.15, -0.1) is 11.3 Å². The number of ketones is 1. The van der Waals surface area contributed by atoms with E-state index >= 15 is 0 Å². The van der Waals surface area contributed by atoms with Crippen molar-refractivity contribution in [1.29, 1.82) is 5.26 Å². The monoisotopic (exact) mass is 329 g/mol. The van der Waals surface area contributed by atoms with Crippen molar-refractivity contribution in [3.63, 3.8) is 0 Å². The number of ether oxygens (including phenoxy) is 1. The Bertz CT molecular complexity index is 668. The van der Waals surface area contributed by atoms with Crippen molar-refractivity contribution in [2.24, 2.45) is 11.1 Å². The lowest BCUT2D eigenvalue weighted by Crippen LogP contribution is -2.40. The summed E-state index contributed by atoms with van der Waals surface area (Å²) in [6.07, 6.45) is 0.124. The minimum absolute atomic E-state index is 0.105. The fraction of sp³-hybridized carbons (Fsp3) is 0.462. The van der Waals surface area contributed by atoms with Gasteiger partial charge in [0.15, 0.2) is 5.78 Å². The summed E-state index contributed by atoms with van der Waals surface area (Å²) in [5, 5.41) is 9.04. The lowest BCUT2D eigenvalue weighted by atomic mass is 9.71. The average Bonchev–Trinajstić information content (AvgIpc) is 2.78. The molecule has 1 unspecified atom stereocenters. The molecule has 0 saturated heterocycles. The van der Waals surface area contributed by atoms with Crippen LogP contribution in [0, 0.1) is 16.7 Å². The molecule has 1 amide bonds. The highest BCUT2D eigenvalue weighted by Gasteiger charge is 2.46. The van der Waals surface area contributed by atoms with Gasteiger partial charge in [-0.2, -0.15) is 14.0 Å². The molecule has 0 aromatic carbocycles. The zero-order valence-electron chi connectivity index (χ0n) is 11.4. The van der Waals surface area contributed by atoms with Crippen molar-refractivity contribution in [3.8, 4) is 6.07 Å². The molecule has 1 heterocycles. The van der Waals surface area contributed by atoms with E-state index in [1.165, 1.54) is 0 Å². The summed E-state index contributed by atoms with van der Waals surface area (Å²) < 4.78 is 28.9. The molecule has 1 atom stereocenters. The highest BCUT2D eigenvalue weighted by atomic mass is 32.1. The molecule has 1 aromatic rings. The van der Waals surface area contributed by atoms with Gasteiger partial charge in [0.1, 0.15) is 0 Å². The first-order valence-corrected chi connectivity index (χ1v) is 7.16. The number of rotatable bonds is 5. The fourth-order valence-electron chi connectivity index (χ4n) is 2.63. The Morgan fingerprint density at radius 2 is 2.23 bits per heavy atom. The maximum atomic E-state index is 12.7. The first-order chi connectivity index (χ1) is 10.3. The van der Waals surface area contributed by atoms with Gasteiger partial charge < -0.3 is 16.2 Å². The molecule has 9 heteroatoms. The second-order valence-electron chi connectivity index (χ2n) is 5.03. The smallest absolute Gasteiger partial charge is 0.345 e. The molecule has 4 N–H and O–H groups in total. The first-order valence-electron chi connectivity index (χ1n) is 6.35. The zero-order valence-corrected chi connectivity index (χ0v) is 12.2. The maximum Gasteiger partial charge on any atom is 0.345 e. The lowest BCUT2D eigenvalue weighted by Gasteiger charge is -2.33. The minimum Gasteiger partial charge on any atom is -0.390 e. The number of carbonyl (C=O) groups is 2. The summed E-state index contributed by atoms with van der Waals surface area (Å²) in [4.78, 5) is 24.3. The number of amides is 1. The van der Waals surface area contributed by atoms with Crippen molar-refractivity contribution in [3.05, 3.63) is 16.0 Å². The van der Waals surface area contributed by atoms with Gasteiger partial charge in [0.25, 0.3) is 5.91 Å². The van der Waals surface area contributed by atoms with E-state index in [1.54, 1.807) is 0 Å². The SMILES string of the molecule is N#CCC1(COC(F)F)CCc2c(sc(N)c2C(N)=O)C1=O. The van der Waals surface area contributed by atoms with E-state index in [4.69, 9.17) is 16.7 Å². The highest BCUT2D eigenvalue weighted by Crippen LogP contribution is 2.44. The van der Waals surface area contributed by atoms with E-state index in [0.29, 0.717) is 5.56 Å². The van der Waals surface area contributed by atoms with Crippen LogP contribution in [0.2, 0.25) is 0 Å². The topological polar surface area (TPSA) is 119 Å². The van der Waals surface area contributed by atoms with Crippen LogP contribution in [-0.2, 0) is 11.2 Å². The Balaban J connectivity index is 2.43. The Labute approximate surface area is 128 Å². The number of carbonyl (C=O) groups excluding carboxylic acids is 2. The van der Waals surface area contributed by atoms with Crippen LogP contribution >= 0.6 is 11.3 Å². The number of primary amides is 1. The summed E-state index contributed by atoms with van der Waals surface area (Å²) in [5.41, 5.74) is 10.2. The van der Waals surface area contributed by atoms with Crippen LogP contribution in [0.1, 0.15) is 38.4 Å². The van der Waals surface area contributed by atoms with Gasteiger partial charge in [-0.05, 0) is 18.4 Å².